The minimum absolute atomic E-state index is 0.0756. The summed E-state index contributed by atoms with van der Waals surface area (Å²) in [5.41, 5.74) is 0. The minimum Gasteiger partial charge on any atom is -0.390 e. The molecule has 0 aliphatic carbocycles. The summed E-state index contributed by atoms with van der Waals surface area (Å²) in [6.07, 6.45) is 6.97. The molecular weight excluding hydrogens is 296 g/mol. The largest absolute Gasteiger partial charge is 0.390 e. The van der Waals surface area contributed by atoms with Crippen LogP contribution in [0, 0.1) is 12.3 Å². The third-order valence-corrected chi connectivity index (χ3v) is 9.11. The SMILES string of the molecule is C#CC(C=C)O[Si](c1ccccc1)(c1ccccc1)C(C)(C)C. The molecule has 0 fully saturated rings. The van der Waals surface area contributed by atoms with Crippen molar-refractivity contribution in [2.24, 2.45) is 0 Å². The van der Waals surface area contributed by atoms with E-state index in [-0.39, 0.29) is 5.04 Å². The molecule has 2 heteroatoms. The number of benzene rings is 2. The zero-order valence-corrected chi connectivity index (χ0v) is 15.1. The van der Waals surface area contributed by atoms with Gasteiger partial charge in [-0.3, -0.25) is 0 Å². The van der Waals surface area contributed by atoms with Crippen LogP contribution in [0.25, 0.3) is 0 Å². The van der Waals surface area contributed by atoms with Crippen molar-refractivity contribution >= 4 is 18.7 Å². The molecule has 0 amide bonds. The third-order valence-electron chi connectivity index (χ3n) is 4.10. The fourth-order valence-corrected chi connectivity index (χ4v) is 7.59. The minimum atomic E-state index is -2.57. The van der Waals surface area contributed by atoms with Crippen LogP contribution in [0.15, 0.2) is 73.3 Å². The monoisotopic (exact) mass is 320 g/mol. The van der Waals surface area contributed by atoms with Gasteiger partial charge in [-0.05, 0) is 15.4 Å². The summed E-state index contributed by atoms with van der Waals surface area (Å²) in [7, 11) is -2.57. The van der Waals surface area contributed by atoms with Gasteiger partial charge in [-0.1, -0.05) is 100 Å². The van der Waals surface area contributed by atoms with Gasteiger partial charge in [-0.2, -0.15) is 0 Å². The van der Waals surface area contributed by atoms with E-state index in [4.69, 9.17) is 10.8 Å². The highest BCUT2D eigenvalue weighted by molar-refractivity contribution is 6.99. The Kier molecular flexibility index (Phi) is 5.25. The van der Waals surface area contributed by atoms with Crippen LogP contribution in [-0.4, -0.2) is 14.4 Å². The quantitative estimate of drug-likeness (QED) is 0.463. The van der Waals surface area contributed by atoms with Crippen molar-refractivity contribution in [1.82, 2.24) is 0 Å². The zero-order valence-electron chi connectivity index (χ0n) is 14.1. The van der Waals surface area contributed by atoms with E-state index in [1.54, 1.807) is 6.08 Å². The molecule has 0 radical (unpaired) electrons. The average Bonchev–Trinajstić information content (AvgIpc) is 2.57. The maximum atomic E-state index is 6.66. The lowest BCUT2D eigenvalue weighted by atomic mass is 10.2. The fourth-order valence-electron chi connectivity index (χ4n) is 3.03. The van der Waals surface area contributed by atoms with Crippen LogP contribution in [0.2, 0.25) is 5.04 Å². The van der Waals surface area contributed by atoms with Crippen molar-refractivity contribution < 1.29 is 4.43 Å². The third kappa shape index (κ3) is 3.31. The molecule has 2 aromatic carbocycles. The summed E-state index contributed by atoms with van der Waals surface area (Å²) in [6, 6.07) is 20.9. The number of hydrogen-bond donors (Lipinski definition) is 0. The van der Waals surface area contributed by atoms with Crippen LogP contribution in [0.1, 0.15) is 20.8 Å². The van der Waals surface area contributed by atoms with Gasteiger partial charge in [0.25, 0.3) is 8.32 Å². The molecule has 0 spiro atoms. The summed E-state index contributed by atoms with van der Waals surface area (Å²) < 4.78 is 6.66. The highest BCUT2D eigenvalue weighted by Crippen LogP contribution is 2.37. The van der Waals surface area contributed by atoms with E-state index in [2.05, 4.69) is 81.8 Å². The van der Waals surface area contributed by atoms with E-state index >= 15 is 0 Å². The Morgan fingerprint density at radius 3 is 1.74 bits per heavy atom. The molecule has 2 aromatic rings. The molecule has 0 heterocycles. The molecule has 0 saturated heterocycles. The van der Waals surface area contributed by atoms with Crippen LogP contribution in [0.4, 0.5) is 0 Å². The van der Waals surface area contributed by atoms with E-state index in [1.165, 1.54) is 10.4 Å². The predicted molar refractivity (Wildman–Crippen MR) is 102 cm³/mol. The molecule has 0 aliphatic heterocycles. The lowest BCUT2D eigenvalue weighted by Gasteiger charge is -2.44. The summed E-state index contributed by atoms with van der Waals surface area (Å²) in [6.45, 7) is 10.5. The Balaban J connectivity index is 2.75. The number of terminal acetylenes is 1. The lowest BCUT2D eigenvalue weighted by Crippen LogP contribution is -2.67. The molecule has 2 rings (SSSR count). The van der Waals surface area contributed by atoms with Crippen LogP contribution in [0.5, 0.6) is 0 Å². The maximum Gasteiger partial charge on any atom is 0.263 e. The first-order chi connectivity index (χ1) is 11.0. The van der Waals surface area contributed by atoms with Gasteiger partial charge in [-0.25, -0.2) is 0 Å². The Morgan fingerprint density at radius 1 is 1.00 bits per heavy atom. The fraction of sp³-hybridized carbons (Fsp3) is 0.238. The van der Waals surface area contributed by atoms with Gasteiger partial charge in [0.1, 0.15) is 6.10 Å². The molecule has 1 nitrogen and oxygen atoms in total. The topological polar surface area (TPSA) is 9.23 Å². The highest BCUT2D eigenvalue weighted by Gasteiger charge is 2.51. The Morgan fingerprint density at radius 2 is 1.43 bits per heavy atom. The molecule has 23 heavy (non-hydrogen) atoms. The van der Waals surface area contributed by atoms with Crippen LogP contribution in [0.3, 0.4) is 0 Å². The molecule has 1 atom stereocenters. The molecule has 0 saturated carbocycles. The van der Waals surface area contributed by atoms with Gasteiger partial charge in [0.15, 0.2) is 0 Å². The lowest BCUT2D eigenvalue weighted by molar-refractivity contribution is 0.285. The van der Waals surface area contributed by atoms with Crippen molar-refractivity contribution in [3.63, 3.8) is 0 Å². The first-order valence-corrected chi connectivity index (χ1v) is 9.74. The second-order valence-corrected chi connectivity index (χ2v) is 10.9. The highest BCUT2D eigenvalue weighted by atomic mass is 28.4. The molecule has 0 bridgehead atoms. The summed E-state index contributed by atoms with van der Waals surface area (Å²) in [5, 5.41) is 2.37. The molecule has 0 aromatic heterocycles. The average molecular weight is 321 g/mol. The van der Waals surface area contributed by atoms with Gasteiger partial charge in [0, 0.05) is 0 Å². The van der Waals surface area contributed by atoms with Crippen molar-refractivity contribution in [3.8, 4) is 12.3 Å². The second kappa shape index (κ2) is 7.00. The maximum absolute atomic E-state index is 6.66. The van der Waals surface area contributed by atoms with Crippen molar-refractivity contribution in [3.05, 3.63) is 73.3 Å². The van der Waals surface area contributed by atoms with E-state index in [1.807, 2.05) is 12.1 Å². The Labute approximate surface area is 141 Å². The molecule has 0 aliphatic rings. The van der Waals surface area contributed by atoms with Gasteiger partial charge in [0.05, 0.1) is 0 Å². The Bertz CT molecular complexity index is 638. The zero-order chi connectivity index (χ0) is 16.9. The predicted octanol–water partition coefficient (Wildman–Crippen LogP) is 3.75. The first kappa shape index (κ1) is 17.3. The van der Waals surface area contributed by atoms with Gasteiger partial charge < -0.3 is 4.43 Å². The summed E-state index contributed by atoms with van der Waals surface area (Å²) in [5.74, 6) is 2.71. The summed E-state index contributed by atoms with van der Waals surface area (Å²) in [4.78, 5) is 0. The van der Waals surface area contributed by atoms with Crippen molar-refractivity contribution in [2.75, 3.05) is 0 Å². The van der Waals surface area contributed by atoms with Gasteiger partial charge in [-0.15, -0.1) is 6.42 Å². The Hall–Kier alpha value is -2.08. The van der Waals surface area contributed by atoms with Crippen LogP contribution in [-0.2, 0) is 4.43 Å². The molecular formula is C21H24OSi. The molecule has 118 valence electrons. The van der Waals surface area contributed by atoms with E-state index < -0.39 is 14.4 Å². The standard InChI is InChI=1S/C21H24OSi/c1-6-18(7-2)22-23(21(3,4)5,19-14-10-8-11-15-19)20-16-12-9-13-17-20/h1,7-18H,2H2,3-5H3. The summed E-state index contributed by atoms with van der Waals surface area (Å²) >= 11 is 0. The van der Waals surface area contributed by atoms with Crippen molar-refractivity contribution in [2.45, 2.75) is 31.9 Å². The number of hydrogen-bond acceptors (Lipinski definition) is 1. The van der Waals surface area contributed by atoms with Gasteiger partial charge >= 0.3 is 0 Å². The van der Waals surface area contributed by atoms with E-state index in [9.17, 15) is 0 Å². The van der Waals surface area contributed by atoms with Crippen LogP contribution >= 0.6 is 0 Å². The molecule has 0 N–H and O–H groups in total. The smallest absolute Gasteiger partial charge is 0.263 e. The van der Waals surface area contributed by atoms with Crippen LogP contribution < -0.4 is 10.4 Å². The first-order valence-electron chi connectivity index (χ1n) is 7.83. The second-order valence-electron chi connectivity index (χ2n) is 6.60. The van der Waals surface area contributed by atoms with E-state index in [0.717, 1.165) is 0 Å². The molecule has 1 unspecified atom stereocenters. The van der Waals surface area contributed by atoms with E-state index in [0.29, 0.717) is 0 Å². The van der Waals surface area contributed by atoms with Gasteiger partial charge in [0.2, 0.25) is 0 Å². The van der Waals surface area contributed by atoms with Crippen molar-refractivity contribution in [1.29, 1.82) is 0 Å². The number of rotatable bonds is 5. The normalized spacial score (nSPS) is 13.1.